The lowest BCUT2D eigenvalue weighted by Crippen LogP contribution is -2.55. The van der Waals surface area contributed by atoms with Crippen LogP contribution in [0.25, 0.3) is 0 Å². The number of nitrogens with zero attached hydrogens (tertiary/aromatic N) is 3. The van der Waals surface area contributed by atoms with Gasteiger partial charge in [0.25, 0.3) is 5.69 Å². The standard InChI is InChI=1S/C24H30Cl2N4O6S/c1-6-21(23(32)27-24(2,3)4)28(14-18-19(25)11-8-12-20(18)26)22(31)15-29(37(5,35)36)16-9-7-10-17(13-16)30(33)34/h7-13,21H,6,14-15H2,1-5H3,(H,27,32)/t21-/m0/s1. The molecule has 10 nitrogen and oxygen atoms in total. The lowest BCUT2D eigenvalue weighted by Gasteiger charge is -2.34. The number of amides is 2. The molecule has 0 spiro atoms. The van der Waals surface area contributed by atoms with Crippen molar-refractivity contribution in [3.8, 4) is 0 Å². The highest BCUT2D eigenvalue weighted by atomic mass is 35.5. The van der Waals surface area contributed by atoms with Crippen molar-refractivity contribution in [1.82, 2.24) is 10.2 Å². The van der Waals surface area contributed by atoms with Gasteiger partial charge >= 0.3 is 0 Å². The largest absolute Gasteiger partial charge is 0.350 e. The van der Waals surface area contributed by atoms with E-state index in [0.29, 0.717) is 5.56 Å². The van der Waals surface area contributed by atoms with E-state index in [1.165, 1.54) is 23.1 Å². The minimum atomic E-state index is -4.05. The van der Waals surface area contributed by atoms with Crippen molar-refractivity contribution in [3.63, 3.8) is 0 Å². The van der Waals surface area contributed by atoms with Gasteiger partial charge in [-0.25, -0.2) is 8.42 Å². The number of carbonyl (C=O) groups is 2. The van der Waals surface area contributed by atoms with Crippen LogP contribution in [0.4, 0.5) is 11.4 Å². The number of halogens is 2. The summed E-state index contributed by atoms with van der Waals surface area (Å²) in [5, 5.41) is 14.6. The number of benzene rings is 2. The predicted molar refractivity (Wildman–Crippen MR) is 144 cm³/mol. The second kappa shape index (κ2) is 12.1. The molecule has 13 heteroatoms. The number of rotatable bonds is 10. The fourth-order valence-corrected chi connectivity index (χ4v) is 4.96. The van der Waals surface area contributed by atoms with Crippen LogP contribution in [0.2, 0.25) is 10.0 Å². The minimum absolute atomic E-state index is 0.0621. The topological polar surface area (TPSA) is 130 Å². The molecular weight excluding hydrogens is 543 g/mol. The van der Waals surface area contributed by atoms with Crippen LogP contribution in [0.3, 0.4) is 0 Å². The van der Waals surface area contributed by atoms with Crippen molar-refractivity contribution in [2.24, 2.45) is 0 Å². The fourth-order valence-electron chi connectivity index (χ4n) is 3.60. The van der Waals surface area contributed by atoms with Gasteiger partial charge in [-0.1, -0.05) is 42.3 Å². The Bertz CT molecular complexity index is 1260. The van der Waals surface area contributed by atoms with Gasteiger partial charge in [0, 0.05) is 39.8 Å². The zero-order chi connectivity index (χ0) is 28.1. The summed E-state index contributed by atoms with van der Waals surface area (Å²) in [6.07, 6.45) is 1.10. The Morgan fingerprint density at radius 1 is 1.11 bits per heavy atom. The molecule has 0 aliphatic rings. The molecule has 2 aromatic rings. The Kier molecular flexibility index (Phi) is 9.92. The van der Waals surface area contributed by atoms with Crippen LogP contribution in [0.15, 0.2) is 42.5 Å². The van der Waals surface area contributed by atoms with Gasteiger partial charge in [0.15, 0.2) is 0 Å². The molecule has 0 fully saturated rings. The SMILES string of the molecule is CC[C@@H](C(=O)NC(C)(C)C)N(Cc1c(Cl)cccc1Cl)C(=O)CN(c1cccc([N+](=O)[O-])c1)S(C)(=O)=O. The van der Waals surface area contributed by atoms with E-state index >= 15 is 0 Å². The lowest BCUT2D eigenvalue weighted by molar-refractivity contribution is -0.384. The molecule has 0 bridgehead atoms. The van der Waals surface area contributed by atoms with Crippen LogP contribution in [0.5, 0.6) is 0 Å². The predicted octanol–water partition coefficient (Wildman–Crippen LogP) is 4.39. The Morgan fingerprint density at radius 3 is 2.16 bits per heavy atom. The van der Waals surface area contributed by atoms with E-state index in [2.05, 4.69) is 5.32 Å². The summed E-state index contributed by atoms with van der Waals surface area (Å²) < 4.78 is 26.1. The first-order chi connectivity index (χ1) is 17.0. The van der Waals surface area contributed by atoms with Gasteiger partial charge in [0.1, 0.15) is 12.6 Å². The Morgan fingerprint density at radius 2 is 1.68 bits per heavy atom. The summed E-state index contributed by atoms with van der Waals surface area (Å²) in [5.74, 6) is -1.16. The first-order valence-electron chi connectivity index (χ1n) is 11.3. The Balaban J connectivity index is 2.56. The van der Waals surface area contributed by atoms with Crippen LogP contribution in [-0.2, 0) is 26.2 Å². The van der Waals surface area contributed by atoms with E-state index in [9.17, 15) is 28.1 Å². The zero-order valence-corrected chi connectivity index (χ0v) is 23.5. The van der Waals surface area contributed by atoms with Crippen LogP contribution in [0, 0.1) is 10.1 Å². The smallest absolute Gasteiger partial charge is 0.271 e. The monoisotopic (exact) mass is 572 g/mol. The molecule has 2 aromatic carbocycles. The van der Waals surface area contributed by atoms with Crippen LogP contribution < -0.4 is 9.62 Å². The molecule has 37 heavy (non-hydrogen) atoms. The maximum Gasteiger partial charge on any atom is 0.271 e. The molecule has 0 saturated heterocycles. The Hall–Kier alpha value is -2.89. The van der Waals surface area contributed by atoms with Gasteiger partial charge < -0.3 is 10.2 Å². The van der Waals surface area contributed by atoms with E-state index in [1.54, 1.807) is 45.9 Å². The van der Waals surface area contributed by atoms with E-state index in [4.69, 9.17) is 23.2 Å². The van der Waals surface area contributed by atoms with Crippen molar-refractivity contribution < 1.29 is 22.9 Å². The number of non-ortho nitro benzene ring substituents is 1. The summed E-state index contributed by atoms with van der Waals surface area (Å²) in [4.78, 5) is 38.7. The van der Waals surface area contributed by atoms with Crippen molar-refractivity contribution in [2.75, 3.05) is 17.1 Å². The first-order valence-corrected chi connectivity index (χ1v) is 13.9. The molecular formula is C24H30Cl2N4O6S. The molecule has 0 saturated carbocycles. The molecule has 0 aromatic heterocycles. The number of nitro benzene ring substituents is 1. The Labute approximate surface area is 226 Å². The number of nitro groups is 1. The summed E-state index contributed by atoms with van der Waals surface area (Å²) in [6, 6.07) is 8.78. The van der Waals surface area contributed by atoms with Gasteiger partial charge in [0.2, 0.25) is 21.8 Å². The third-order valence-corrected chi connectivity index (χ3v) is 7.13. The van der Waals surface area contributed by atoms with E-state index < -0.39 is 44.9 Å². The van der Waals surface area contributed by atoms with Gasteiger partial charge in [-0.2, -0.15) is 0 Å². The molecule has 0 heterocycles. The molecule has 2 rings (SSSR count). The average molecular weight is 573 g/mol. The lowest BCUT2D eigenvalue weighted by atomic mass is 10.1. The highest BCUT2D eigenvalue weighted by Crippen LogP contribution is 2.28. The molecule has 0 aliphatic carbocycles. The summed E-state index contributed by atoms with van der Waals surface area (Å²) in [7, 11) is -4.05. The van der Waals surface area contributed by atoms with Crippen LogP contribution in [0.1, 0.15) is 39.7 Å². The number of anilines is 1. The molecule has 0 aliphatic heterocycles. The molecule has 1 atom stereocenters. The number of hydrogen-bond acceptors (Lipinski definition) is 6. The number of sulfonamides is 1. The summed E-state index contributed by atoms with van der Waals surface area (Å²) in [5.41, 5.74) is -0.604. The third kappa shape index (κ3) is 8.31. The van der Waals surface area contributed by atoms with Crippen molar-refractivity contribution in [3.05, 3.63) is 68.2 Å². The average Bonchev–Trinajstić information content (AvgIpc) is 2.77. The molecule has 0 radical (unpaired) electrons. The van der Waals surface area contributed by atoms with Gasteiger partial charge in [-0.05, 0) is 45.4 Å². The summed E-state index contributed by atoms with van der Waals surface area (Å²) >= 11 is 12.7. The van der Waals surface area contributed by atoms with E-state index in [0.717, 1.165) is 16.6 Å². The molecule has 202 valence electrons. The molecule has 2 amide bonds. The number of hydrogen-bond donors (Lipinski definition) is 1. The highest BCUT2D eigenvalue weighted by molar-refractivity contribution is 7.92. The van der Waals surface area contributed by atoms with Gasteiger partial charge in [-0.3, -0.25) is 24.0 Å². The zero-order valence-electron chi connectivity index (χ0n) is 21.2. The molecule has 0 unspecified atom stereocenters. The van der Waals surface area contributed by atoms with Crippen LogP contribution >= 0.6 is 23.2 Å². The van der Waals surface area contributed by atoms with Crippen molar-refractivity contribution >= 4 is 56.4 Å². The maximum atomic E-state index is 13.7. The van der Waals surface area contributed by atoms with Crippen LogP contribution in [-0.4, -0.2) is 54.4 Å². The van der Waals surface area contributed by atoms with E-state index in [1.807, 2.05) is 0 Å². The van der Waals surface area contributed by atoms with E-state index in [-0.39, 0.29) is 34.4 Å². The highest BCUT2D eigenvalue weighted by Gasteiger charge is 2.34. The van der Waals surface area contributed by atoms with Crippen molar-refractivity contribution in [2.45, 2.75) is 52.2 Å². The second-order valence-corrected chi connectivity index (χ2v) is 12.2. The quantitative estimate of drug-likeness (QED) is 0.332. The second-order valence-electron chi connectivity index (χ2n) is 9.43. The normalized spacial score (nSPS) is 12.5. The maximum absolute atomic E-state index is 13.7. The summed E-state index contributed by atoms with van der Waals surface area (Å²) in [6.45, 7) is 6.23. The number of carbonyl (C=O) groups excluding carboxylic acids is 2. The third-order valence-electron chi connectivity index (χ3n) is 5.28. The fraction of sp³-hybridized carbons (Fsp3) is 0.417. The first kappa shape index (κ1) is 30.3. The molecule has 1 N–H and O–H groups in total. The van der Waals surface area contributed by atoms with Gasteiger partial charge in [0.05, 0.1) is 16.9 Å². The van der Waals surface area contributed by atoms with Gasteiger partial charge in [-0.15, -0.1) is 0 Å². The minimum Gasteiger partial charge on any atom is -0.350 e. The van der Waals surface area contributed by atoms with Crippen molar-refractivity contribution in [1.29, 1.82) is 0 Å². The number of nitrogens with one attached hydrogen (secondary N) is 1.